The van der Waals surface area contributed by atoms with Crippen LogP contribution in [-0.2, 0) is 15.8 Å². The molecule has 1 saturated heterocycles. The van der Waals surface area contributed by atoms with Gasteiger partial charge in [-0.3, -0.25) is 0 Å². The third-order valence-electron chi connectivity index (χ3n) is 4.47. The molecule has 0 radical (unpaired) electrons. The molecule has 0 aromatic heterocycles. The quantitative estimate of drug-likeness (QED) is 0.790. The fourth-order valence-corrected chi connectivity index (χ4v) is 4.56. The van der Waals surface area contributed by atoms with E-state index in [-0.39, 0.29) is 23.2 Å². The Bertz CT molecular complexity index is 787. The summed E-state index contributed by atoms with van der Waals surface area (Å²) in [5.74, 6) is 0.152. The van der Waals surface area contributed by atoms with Gasteiger partial charge in [-0.25, -0.2) is 17.1 Å². The van der Waals surface area contributed by atoms with E-state index in [4.69, 9.17) is 4.74 Å². The van der Waals surface area contributed by atoms with Crippen molar-refractivity contribution in [2.24, 2.45) is 5.92 Å². The molecule has 4 nitrogen and oxygen atoms in total. The van der Waals surface area contributed by atoms with Gasteiger partial charge in [-0.2, -0.15) is 0 Å². The molecule has 0 saturated carbocycles. The summed E-state index contributed by atoms with van der Waals surface area (Å²) in [6, 6.07) is 15.5. The van der Waals surface area contributed by atoms with E-state index in [0.717, 1.165) is 18.4 Å². The Morgan fingerprint density at radius 1 is 1.00 bits per heavy atom. The van der Waals surface area contributed by atoms with Crippen LogP contribution in [0.3, 0.4) is 0 Å². The SMILES string of the molecule is O=S(=O)(Cc1ccccc1)N1CCC(COc2ccccc2F)CC1. The summed E-state index contributed by atoms with van der Waals surface area (Å²) < 4.78 is 45.7. The lowest BCUT2D eigenvalue weighted by atomic mass is 9.99. The zero-order valence-electron chi connectivity index (χ0n) is 14.0. The standard InChI is InChI=1S/C19H22FNO3S/c20-18-8-4-5-9-19(18)24-14-16-10-12-21(13-11-16)25(22,23)15-17-6-2-1-3-7-17/h1-9,16H,10-15H2. The Balaban J connectivity index is 1.50. The lowest BCUT2D eigenvalue weighted by molar-refractivity contribution is 0.181. The van der Waals surface area contributed by atoms with Gasteiger partial charge in [0.2, 0.25) is 10.0 Å². The molecule has 1 aliphatic rings. The van der Waals surface area contributed by atoms with E-state index in [9.17, 15) is 12.8 Å². The number of piperidine rings is 1. The van der Waals surface area contributed by atoms with Crippen LogP contribution >= 0.6 is 0 Å². The Kier molecular flexibility index (Phi) is 5.71. The molecule has 1 aliphatic heterocycles. The van der Waals surface area contributed by atoms with Crippen LogP contribution in [-0.4, -0.2) is 32.4 Å². The highest BCUT2D eigenvalue weighted by Gasteiger charge is 2.28. The van der Waals surface area contributed by atoms with Crippen LogP contribution in [0.5, 0.6) is 5.75 Å². The molecule has 0 spiro atoms. The first-order valence-corrected chi connectivity index (χ1v) is 10.0. The second-order valence-electron chi connectivity index (χ2n) is 6.33. The fourth-order valence-electron chi connectivity index (χ4n) is 3.00. The summed E-state index contributed by atoms with van der Waals surface area (Å²) in [6.45, 7) is 1.38. The second kappa shape index (κ2) is 7.97. The maximum absolute atomic E-state index is 13.6. The fraction of sp³-hybridized carbons (Fsp3) is 0.368. The van der Waals surface area contributed by atoms with Crippen molar-refractivity contribution in [2.75, 3.05) is 19.7 Å². The minimum absolute atomic E-state index is 0.0320. The number of para-hydroxylation sites is 1. The summed E-state index contributed by atoms with van der Waals surface area (Å²) in [5.41, 5.74) is 0.799. The van der Waals surface area contributed by atoms with E-state index in [1.165, 1.54) is 6.07 Å². The molecule has 0 aliphatic carbocycles. The largest absolute Gasteiger partial charge is 0.490 e. The van der Waals surface area contributed by atoms with Crippen molar-refractivity contribution in [2.45, 2.75) is 18.6 Å². The van der Waals surface area contributed by atoms with Crippen molar-refractivity contribution in [1.29, 1.82) is 0 Å². The number of hydrogen-bond donors (Lipinski definition) is 0. The van der Waals surface area contributed by atoms with Crippen molar-refractivity contribution < 1.29 is 17.5 Å². The summed E-state index contributed by atoms with van der Waals surface area (Å²) in [7, 11) is -3.30. The van der Waals surface area contributed by atoms with Crippen molar-refractivity contribution in [1.82, 2.24) is 4.31 Å². The zero-order chi connectivity index (χ0) is 17.7. The molecule has 2 aromatic rings. The van der Waals surface area contributed by atoms with E-state index in [2.05, 4.69) is 0 Å². The molecule has 1 fully saturated rings. The minimum atomic E-state index is -3.30. The van der Waals surface area contributed by atoms with Crippen LogP contribution in [0.2, 0.25) is 0 Å². The van der Waals surface area contributed by atoms with Crippen molar-refractivity contribution in [3.8, 4) is 5.75 Å². The predicted octanol–water partition coefficient (Wildman–Crippen LogP) is 3.45. The molecule has 0 N–H and O–H groups in total. The Labute approximate surface area is 148 Å². The smallest absolute Gasteiger partial charge is 0.218 e. The van der Waals surface area contributed by atoms with Gasteiger partial charge >= 0.3 is 0 Å². The molecule has 0 amide bonds. The third-order valence-corrected chi connectivity index (χ3v) is 6.32. The Hall–Kier alpha value is -1.92. The molecule has 0 unspecified atom stereocenters. The van der Waals surface area contributed by atoms with Crippen LogP contribution < -0.4 is 4.74 Å². The first-order valence-electron chi connectivity index (χ1n) is 8.44. The van der Waals surface area contributed by atoms with Gasteiger partial charge in [0.25, 0.3) is 0 Å². The monoisotopic (exact) mass is 363 g/mol. The Morgan fingerprint density at radius 2 is 1.64 bits per heavy atom. The van der Waals surface area contributed by atoms with Crippen molar-refractivity contribution in [3.05, 3.63) is 66.0 Å². The molecule has 3 rings (SSSR count). The van der Waals surface area contributed by atoms with Crippen LogP contribution in [0.15, 0.2) is 54.6 Å². The average molecular weight is 363 g/mol. The zero-order valence-corrected chi connectivity index (χ0v) is 14.8. The van der Waals surface area contributed by atoms with E-state index < -0.39 is 10.0 Å². The van der Waals surface area contributed by atoms with E-state index >= 15 is 0 Å². The van der Waals surface area contributed by atoms with E-state index in [1.54, 1.807) is 22.5 Å². The first kappa shape index (κ1) is 17.9. The first-order chi connectivity index (χ1) is 12.0. The topological polar surface area (TPSA) is 46.6 Å². The molecule has 0 atom stereocenters. The number of halogens is 1. The number of nitrogens with zero attached hydrogens (tertiary/aromatic N) is 1. The van der Waals surface area contributed by atoms with Gasteiger partial charge < -0.3 is 4.74 Å². The van der Waals surface area contributed by atoms with E-state index in [0.29, 0.717) is 19.7 Å². The second-order valence-corrected chi connectivity index (χ2v) is 8.29. The molecular weight excluding hydrogens is 341 g/mol. The highest BCUT2D eigenvalue weighted by atomic mass is 32.2. The number of sulfonamides is 1. The number of hydrogen-bond acceptors (Lipinski definition) is 3. The third kappa shape index (κ3) is 4.80. The summed E-state index contributed by atoms with van der Waals surface area (Å²) >= 11 is 0. The van der Waals surface area contributed by atoms with Gasteiger partial charge in [0.15, 0.2) is 11.6 Å². The van der Waals surface area contributed by atoms with Crippen LogP contribution in [0.4, 0.5) is 4.39 Å². The van der Waals surface area contributed by atoms with Gasteiger partial charge in [-0.1, -0.05) is 42.5 Å². The van der Waals surface area contributed by atoms with Crippen LogP contribution in [0.1, 0.15) is 18.4 Å². The maximum atomic E-state index is 13.6. The molecule has 1 heterocycles. The van der Waals surface area contributed by atoms with Crippen LogP contribution in [0.25, 0.3) is 0 Å². The molecule has 134 valence electrons. The highest BCUT2D eigenvalue weighted by Crippen LogP contribution is 2.23. The molecular formula is C19H22FNO3S. The lowest BCUT2D eigenvalue weighted by Crippen LogP contribution is -2.40. The maximum Gasteiger partial charge on any atom is 0.218 e. The normalized spacial score (nSPS) is 16.7. The Morgan fingerprint density at radius 3 is 2.32 bits per heavy atom. The minimum Gasteiger partial charge on any atom is -0.490 e. The summed E-state index contributed by atoms with van der Waals surface area (Å²) in [5, 5.41) is 0. The van der Waals surface area contributed by atoms with Gasteiger partial charge in [0.1, 0.15) is 0 Å². The molecule has 2 aromatic carbocycles. The van der Waals surface area contributed by atoms with Gasteiger partial charge in [0, 0.05) is 13.1 Å². The van der Waals surface area contributed by atoms with Gasteiger partial charge in [0.05, 0.1) is 12.4 Å². The summed E-state index contributed by atoms with van der Waals surface area (Å²) in [6.07, 6.45) is 1.45. The van der Waals surface area contributed by atoms with Crippen LogP contribution in [0, 0.1) is 11.7 Å². The molecule has 6 heteroatoms. The van der Waals surface area contributed by atoms with Gasteiger partial charge in [-0.15, -0.1) is 0 Å². The lowest BCUT2D eigenvalue weighted by Gasteiger charge is -2.31. The van der Waals surface area contributed by atoms with E-state index in [1.807, 2.05) is 30.3 Å². The van der Waals surface area contributed by atoms with Crippen molar-refractivity contribution >= 4 is 10.0 Å². The molecule has 0 bridgehead atoms. The predicted molar refractivity (Wildman–Crippen MR) is 95.3 cm³/mol. The van der Waals surface area contributed by atoms with Gasteiger partial charge in [-0.05, 0) is 36.5 Å². The van der Waals surface area contributed by atoms with Crippen molar-refractivity contribution in [3.63, 3.8) is 0 Å². The number of benzene rings is 2. The summed E-state index contributed by atoms with van der Waals surface area (Å²) in [4.78, 5) is 0. The average Bonchev–Trinajstić information content (AvgIpc) is 2.62. The molecule has 25 heavy (non-hydrogen) atoms. The highest BCUT2D eigenvalue weighted by molar-refractivity contribution is 7.88. The number of ether oxygens (including phenoxy) is 1. The number of rotatable bonds is 6.